The van der Waals surface area contributed by atoms with Crippen molar-refractivity contribution in [2.24, 2.45) is 7.05 Å². The monoisotopic (exact) mass is 212 g/mol. The molecule has 82 valence electrons. The highest BCUT2D eigenvalue weighted by Crippen LogP contribution is 2.27. The van der Waals surface area contributed by atoms with Crippen LogP contribution in [0.25, 0.3) is 0 Å². The molecule has 1 N–H and O–H groups in total. The normalized spacial score (nSPS) is 21.5. The molecular weight excluding hydrogens is 200 g/mol. The summed E-state index contributed by atoms with van der Waals surface area (Å²) in [6, 6.07) is 0. The maximum absolute atomic E-state index is 10.8. The largest absolute Gasteiger partial charge is 0.369 e. The van der Waals surface area contributed by atoms with Gasteiger partial charge in [-0.05, 0) is 0 Å². The predicted octanol–water partition coefficient (Wildman–Crippen LogP) is -0.0108. The lowest BCUT2D eigenvalue weighted by atomic mass is 10.2. The van der Waals surface area contributed by atoms with Gasteiger partial charge in [-0.2, -0.15) is 5.10 Å². The van der Waals surface area contributed by atoms with Crippen LogP contribution in [0.1, 0.15) is 11.8 Å². The van der Waals surface area contributed by atoms with Gasteiger partial charge in [0.1, 0.15) is 18.0 Å². The van der Waals surface area contributed by atoms with Gasteiger partial charge in [-0.3, -0.25) is 14.8 Å². The van der Waals surface area contributed by atoms with Crippen LogP contribution in [0.15, 0.2) is 6.20 Å². The first-order valence-corrected chi connectivity index (χ1v) is 4.68. The molecule has 1 saturated heterocycles. The second-order valence-corrected chi connectivity index (χ2v) is 3.36. The summed E-state index contributed by atoms with van der Waals surface area (Å²) < 4.78 is 6.96. The number of hydrogen-bond acceptors (Lipinski definition) is 5. The van der Waals surface area contributed by atoms with Crippen LogP contribution < -0.4 is 5.32 Å². The highest BCUT2D eigenvalue weighted by Gasteiger charge is 2.28. The first-order valence-electron chi connectivity index (χ1n) is 4.68. The maximum Gasteiger partial charge on any atom is 0.312 e. The van der Waals surface area contributed by atoms with Crippen LogP contribution in [-0.2, 0) is 11.8 Å². The van der Waals surface area contributed by atoms with E-state index in [9.17, 15) is 10.1 Å². The fourth-order valence-corrected chi connectivity index (χ4v) is 1.69. The summed E-state index contributed by atoms with van der Waals surface area (Å²) in [5.41, 5.74) is 0.540. The molecule has 1 aromatic heterocycles. The third kappa shape index (κ3) is 1.83. The number of nitro groups is 1. The molecule has 1 aromatic rings. The van der Waals surface area contributed by atoms with Gasteiger partial charge in [-0.1, -0.05) is 0 Å². The Labute approximate surface area is 86.2 Å². The van der Waals surface area contributed by atoms with Crippen molar-refractivity contribution in [3.8, 4) is 0 Å². The Kier molecular flexibility index (Phi) is 2.65. The van der Waals surface area contributed by atoms with Gasteiger partial charge in [0.05, 0.1) is 11.5 Å². The van der Waals surface area contributed by atoms with Gasteiger partial charge in [0, 0.05) is 20.1 Å². The Morgan fingerprint density at radius 1 is 1.80 bits per heavy atom. The summed E-state index contributed by atoms with van der Waals surface area (Å²) in [4.78, 5) is 10.3. The molecule has 1 atom stereocenters. The zero-order valence-electron chi connectivity index (χ0n) is 8.34. The van der Waals surface area contributed by atoms with Gasteiger partial charge in [0.2, 0.25) is 0 Å². The molecule has 7 heteroatoms. The quantitative estimate of drug-likeness (QED) is 0.550. The smallest absolute Gasteiger partial charge is 0.312 e. The van der Waals surface area contributed by atoms with Crippen molar-refractivity contribution >= 4 is 5.69 Å². The van der Waals surface area contributed by atoms with E-state index in [0.717, 1.165) is 6.54 Å². The van der Waals surface area contributed by atoms with Crippen LogP contribution in [0.5, 0.6) is 0 Å². The SMILES string of the molecule is Cn1ncc([N+](=O)[O-])c1C1CNCCO1. The van der Waals surface area contributed by atoms with Crippen LogP contribution >= 0.6 is 0 Å². The Morgan fingerprint density at radius 2 is 2.60 bits per heavy atom. The predicted molar refractivity (Wildman–Crippen MR) is 51.4 cm³/mol. The van der Waals surface area contributed by atoms with Gasteiger partial charge < -0.3 is 10.1 Å². The molecule has 1 fully saturated rings. The fraction of sp³-hybridized carbons (Fsp3) is 0.625. The molecule has 1 aliphatic rings. The van der Waals surface area contributed by atoms with E-state index in [-0.39, 0.29) is 11.8 Å². The third-order valence-electron chi connectivity index (χ3n) is 2.39. The lowest BCUT2D eigenvalue weighted by Gasteiger charge is -2.23. The summed E-state index contributed by atoms with van der Waals surface area (Å²) >= 11 is 0. The van der Waals surface area contributed by atoms with E-state index in [1.807, 2.05) is 0 Å². The van der Waals surface area contributed by atoms with E-state index < -0.39 is 4.92 Å². The van der Waals surface area contributed by atoms with Crippen LogP contribution in [0.2, 0.25) is 0 Å². The van der Waals surface area contributed by atoms with Crippen molar-refractivity contribution in [3.63, 3.8) is 0 Å². The zero-order chi connectivity index (χ0) is 10.8. The number of hydrogen-bond donors (Lipinski definition) is 1. The average Bonchev–Trinajstić information content (AvgIpc) is 2.61. The molecule has 1 unspecified atom stereocenters. The van der Waals surface area contributed by atoms with Crippen molar-refractivity contribution in [1.29, 1.82) is 0 Å². The minimum atomic E-state index is -0.430. The summed E-state index contributed by atoms with van der Waals surface area (Å²) in [6.07, 6.45) is 0.972. The number of ether oxygens (including phenoxy) is 1. The standard InChI is InChI=1S/C8H12N4O3/c1-11-8(6(4-10-11)12(13)14)7-5-9-2-3-15-7/h4,7,9H,2-3,5H2,1H3. The molecular formula is C8H12N4O3. The van der Waals surface area contributed by atoms with Gasteiger partial charge in [-0.25, -0.2) is 0 Å². The van der Waals surface area contributed by atoms with E-state index in [1.165, 1.54) is 10.9 Å². The number of aryl methyl sites for hydroxylation is 1. The molecule has 2 rings (SSSR count). The molecule has 0 aliphatic carbocycles. The number of nitrogens with zero attached hydrogens (tertiary/aromatic N) is 3. The first kappa shape index (κ1) is 10.1. The Bertz CT molecular complexity index is 370. The molecule has 7 nitrogen and oxygen atoms in total. The molecule has 2 heterocycles. The van der Waals surface area contributed by atoms with E-state index in [1.54, 1.807) is 7.05 Å². The molecule has 0 saturated carbocycles. The topological polar surface area (TPSA) is 82.2 Å². The van der Waals surface area contributed by atoms with Crippen LogP contribution in [0.3, 0.4) is 0 Å². The zero-order valence-corrected chi connectivity index (χ0v) is 8.34. The fourth-order valence-electron chi connectivity index (χ4n) is 1.69. The third-order valence-corrected chi connectivity index (χ3v) is 2.39. The molecule has 0 bridgehead atoms. The Balaban J connectivity index is 2.32. The van der Waals surface area contributed by atoms with Crippen LogP contribution in [0, 0.1) is 10.1 Å². The van der Waals surface area contributed by atoms with Crippen molar-refractivity contribution in [1.82, 2.24) is 15.1 Å². The van der Waals surface area contributed by atoms with E-state index in [0.29, 0.717) is 18.8 Å². The van der Waals surface area contributed by atoms with Crippen molar-refractivity contribution in [3.05, 3.63) is 22.0 Å². The number of nitrogens with one attached hydrogen (secondary N) is 1. The second-order valence-electron chi connectivity index (χ2n) is 3.36. The maximum atomic E-state index is 10.8. The molecule has 0 spiro atoms. The highest BCUT2D eigenvalue weighted by molar-refractivity contribution is 5.35. The minimum Gasteiger partial charge on any atom is -0.369 e. The lowest BCUT2D eigenvalue weighted by Crippen LogP contribution is -2.34. The van der Waals surface area contributed by atoms with Crippen molar-refractivity contribution in [2.45, 2.75) is 6.10 Å². The number of aromatic nitrogens is 2. The highest BCUT2D eigenvalue weighted by atomic mass is 16.6. The van der Waals surface area contributed by atoms with E-state index >= 15 is 0 Å². The van der Waals surface area contributed by atoms with Crippen LogP contribution in [0.4, 0.5) is 5.69 Å². The van der Waals surface area contributed by atoms with Crippen molar-refractivity contribution in [2.75, 3.05) is 19.7 Å². The summed E-state index contributed by atoms with van der Waals surface area (Å²) in [6.45, 7) is 1.93. The number of rotatable bonds is 2. The van der Waals surface area contributed by atoms with Gasteiger partial charge in [0.25, 0.3) is 0 Å². The first-order chi connectivity index (χ1) is 7.20. The Hall–Kier alpha value is -1.47. The van der Waals surface area contributed by atoms with Gasteiger partial charge in [0.15, 0.2) is 0 Å². The lowest BCUT2D eigenvalue weighted by molar-refractivity contribution is -0.386. The molecule has 1 aliphatic heterocycles. The second kappa shape index (κ2) is 3.95. The van der Waals surface area contributed by atoms with E-state index in [2.05, 4.69) is 10.4 Å². The van der Waals surface area contributed by atoms with Crippen LogP contribution in [-0.4, -0.2) is 34.4 Å². The minimum absolute atomic E-state index is 0.0196. The molecule has 15 heavy (non-hydrogen) atoms. The summed E-state index contributed by atoms with van der Waals surface area (Å²) in [5, 5.41) is 17.8. The van der Waals surface area contributed by atoms with E-state index in [4.69, 9.17) is 4.74 Å². The molecule has 0 aromatic carbocycles. The molecule has 0 amide bonds. The number of morpholine rings is 1. The Morgan fingerprint density at radius 3 is 3.20 bits per heavy atom. The van der Waals surface area contributed by atoms with Crippen molar-refractivity contribution < 1.29 is 9.66 Å². The summed E-state index contributed by atoms with van der Waals surface area (Å²) in [5.74, 6) is 0. The van der Waals surface area contributed by atoms with Gasteiger partial charge in [-0.15, -0.1) is 0 Å². The molecule has 0 radical (unpaired) electrons. The average molecular weight is 212 g/mol. The van der Waals surface area contributed by atoms with Gasteiger partial charge >= 0.3 is 5.69 Å². The summed E-state index contributed by atoms with van der Waals surface area (Å²) in [7, 11) is 1.68.